The molecule has 0 unspecified atom stereocenters. The Bertz CT molecular complexity index is 720. The van der Waals surface area contributed by atoms with Gasteiger partial charge in [-0.05, 0) is 42.7 Å². The molecule has 4 nitrogen and oxygen atoms in total. The number of amides is 1. The van der Waals surface area contributed by atoms with Crippen molar-refractivity contribution in [2.75, 3.05) is 23.8 Å². The highest BCUT2D eigenvalue weighted by Crippen LogP contribution is 2.25. The lowest BCUT2D eigenvalue weighted by Crippen LogP contribution is -2.21. The van der Waals surface area contributed by atoms with E-state index in [2.05, 4.69) is 24.5 Å². The first kappa shape index (κ1) is 19.4. The van der Waals surface area contributed by atoms with E-state index in [1.165, 1.54) is 0 Å². The van der Waals surface area contributed by atoms with Gasteiger partial charge in [-0.1, -0.05) is 43.1 Å². The molecule has 0 aromatic heterocycles. The van der Waals surface area contributed by atoms with Gasteiger partial charge in [0.1, 0.15) is 5.75 Å². The van der Waals surface area contributed by atoms with Crippen LogP contribution in [0.3, 0.4) is 0 Å². The molecule has 134 valence electrons. The van der Waals surface area contributed by atoms with Crippen LogP contribution in [-0.2, 0) is 4.79 Å². The van der Waals surface area contributed by atoms with Crippen LogP contribution in [0.1, 0.15) is 20.3 Å². The van der Waals surface area contributed by atoms with Crippen LogP contribution in [0.5, 0.6) is 5.75 Å². The SMILES string of the molecule is CC(C)CCOc1cccc(NC(=O)CNc2ccc(Cl)cc2Cl)c1. The summed E-state index contributed by atoms with van der Waals surface area (Å²) in [5, 5.41) is 6.84. The van der Waals surface area contributed by atoms with Gasteiger partial charge in [-0.15, -0.1) is 0 Å². The Morgan fingerprint density at radius 2 is 1.96 bits per heavy atom. The fourth-order valence-corrected chi connectivity index (χ4v) is 2.56. The molecule has 0 saturated carbocycles. The number of benzene rings is 2. The van der Waals surface area contributed by atoms with Crippen LogP contribution in [0, 0.1) is 5.92 Å². The molecule has 2 rings (SSSR count). The molecule has 0 fully saturated rings. The minimum atomic E-state index is -0.176. The van der Waals surface area contributed by atoms with Gasteiger partial charge in [0.05, 0.1) is 23.9 Å². The Balaban J connectivity index is 1.85. The van der Waals surface area contributed by atoms with E-state index < -0.39 is 0 Å². The van der Waals surface area contributed by atoms with Gasteiger partial charge < -0.3 is 15.4 Å². The quantitative estimate of drug-likeness (QED) is 0.638. The van der Waals surface area contributed by atoms with Crippen LogP contribution < -0.4 is 15.4 Å². The summed E-state index contributed by atoms with van der Waals surface area (Å²) < 4.78 is 5.70. The lowest BCUT2D eigenvalue weighted by atomic mass is 10.1. The van der Waals surface area contributed by atoms with Crippen LogP contribution in [0.15, 0.2) is 42.5 Å². The summed E-state index contributed by atoms with van der Waals surface area (Å²) in [6.45, 7) is 5.06. The monoisotopic (exact) mass is 380 g/mol. The fraction of sp³-hybridized carbons (Fsp3) is 0.316. The van der Waals surface area contributed by atoms with Gasteiger partial charge in [0.15, 0.2) is 0 Å². The number of hydrogen-bond acceptors (Lipinski definition) is 3. The van der Waals surface area contributed by atoms with Gasteiger partial charge in [-0.3, -0.25) is 4.79 Å². The molecule has 0 heterocycles. The molecule has 0 aliphatic carbocycles. The zero-order valence-corrected chi connectivity index (χ0v) is 15.8. The molecule has 0 aliphatic rings. The van der Waals surface area contributed by atoms with Crippen molar-refractivity contribution in [2.45, 2.75) is 20.3 Å². The van der Waals surface area contributed by atoms with Crippen LogP contribution in [0.2, 0.25) is 10.0 Å². The van der Waals surface area contributed by atoms with Gasteiger partial charge in [-0.25, -0.2) is 0 Å². The summed E-state index contributed by atoms with van der Waals surface area (Å²) in [7, 11) is 0. The second kappa shape index (κ2) is 9.54. The number of anilines is 2. The van der Waals surface area contributed by atoms with Crippen LogP contribution in [-0.4, -0.2) is 19.1 Å². The average Bonchev–Trinajstić information content (AvgIpc) is 2.54. The van der Waals surface area contributed by atoms with Crippen molar-refractivity contribution in [2.24, 2.45) is 5.92 Å². The molecule has 1 amide bonds. The molecule has 0 aliphatic heterocycles. The summed E-state index contributed by atoms with van der Waals surface area (Å²) >= 11 is 11.9. The molecule has 6 heteroatoms. The number of ether oxygens (including phenoxy) is 1. The largest absolute Gasteiger partial charge is 0.494 e. The second-order valence-electron chi connectivity index (χ2n) is 6.08. The Kier molecular flexibility index (Phi) is 7.41. The highest BCUT2D eigenvalue weighted by atomic mass is 35.5. The summed E-state index contributed by atoms with van der Waals surface area (Å²) in [5.41, 5.74) is 1.35. The van der Waals surface area contributed by atoms with Gasteiger partial charge >= 0.3 is 0 Å². The van der Waals surface area contributed by atoms with E-state index in [0.29, 0.717) is 33.9 Å². The predicted octanol–water partition coefficient (Wildman–Crippen LogP) is 5.47. The van der Waals surface area contributed by atoms with Crippen LogP contribution in [0.4, 0.5) is 11.4 Å². The summed E-state index contributed by atoms with van der Waals surface area (Å²) in [5.74, 6) is 1.16. The highest BCUT2D eigenvalue weighted by Gasteiger charge is 2.06. The fourth-order valence-electron chi connectivity index (χ4n) is 2.09. The lowest BCUT2D eigenvalue weighted by Gasteiger charge is -2.11. The third kappa shape index (κ3) is 6.85. The van der Waals surface area contributed by atoms with Gasteiger partial charge in [-0.2, -0.15) is 0 Å². The molecular formula is C19H22Cl2N2O2. The average molecular weight is 381 g/mol. The molecular weight excluding hydrogens is 359 g/mol. The normalized spacial score (nSPS) is 10.6. The number of hydrogen-bond donors (Lipinski definition) is 2. The maximum Gasteiger partial charge on any atom is 0.243 e. The van der Waals surface area contributed by atoms with Crippen molar-refractivity contribution in [3.05, 3.63) is 52.5 Å². The number of carbonyl (C=O) groups excluding carboxylic acids is 1. The van der Waals surface area contributed by atoms with E-state index in [1.54, 1.807) is 18.2 Å². The first-order chi connectivity index (χ1) is 11.9. The highest BCUT2D eigenvalue weighted by molar-refractivity contribution is 6.36. The van der Waals surface area contributed by atoms with Crippen molar-refractivity contribution in [1.82, 2.24) is 0 Å². The van der Waals surface area contributed by atoms with E-state index >= 15 is 0 Å². The standard InChI is InChI=1S/C19H22Cl2N2O2/c1-13(2)8-9-25-16-5-3-4-15(11-16)23-19(24)12-22-18-7-6-14(20)10-17(18)21/h3-7,10-11,13,22H,8-9,12H2,1-2H3,(H,23,24). The van der Waals surface area contributed by atoms with E-state index in [-0.39, 0.29) is 12.5 Å². The number of carbonyl (C=O) groups is 1. The third-order valence-corrected chi connectivity index (χ3v) is 4.00. The first-order valence-corrected chi connectivity index (χ1v) is 8.91. The van der Waals surface area contributed by atoms with Gasteiger partial charge in [0.2, 0.25) is 5.91 Å². The summed E-state index contributed by atoms with van der Waals surface area (Å²) in [4.78, 5) is 12.1. The molecule has 0 saturated heterocycles. The minimum Gasteiger partial charge on any atom is -0.494 e. The van der Waals surface area contributed by atoms with E-state index in [0.717, 1.165) is 12.2 Å². The van der Waals surface area contributed by atoms with Crippen molar-refractivity contribution in [3.63, 3.8) is 0 Å². The molecule has 25 heavy (non-hydrogen) atoms. The minimum absolute atomic E-state index is 0.0970. The topological polar surface area (TPSA) is 50.4 Å². The predicted molar refractivity (Wildman–Crippen MR) is 105 cm³/mol. The number of rotatable bonds is 8. The van der Waals surface area contributed by atoms with Crippen molar-refractivity contribution < 1.29 is 9.53 Å². The van der Waals surface area contributed by atoms with Crippen LogP contribution in [0.25, 0.3) is 0 Å². The van der Waals surface area contributed by atoms with E-state index in [4.69, 9.17) is 27.9 Å². The van der Waals surface area contributed by atoms with Gasteiger partial charge in [0, 0.05) is 16.8 Å². The smallest absolute Gasteiger partial charge is 0.243 e. The molecule has 2 aromatic rings. The van der Waals surface area contributed by atoms with E-state index in [1.807, 2.05) is 24.3 Å². The molecule has 2 N–H and O–H groups in total. The molecule has 0 atom stereocenters. The third-order valence-electron chi connectivity index (χ3n) is 3.45. The Hall–Kier alpha value is -1.91. The lowest BCUT2D eigenvalue weighted by molar-refractivity contribution is -0.114. The molecule has 0 spiro atoms. The first-order valence-electron chi connectivity index (χ1n) is 8.15. The maximum atomic E-state index is 12.1. The number of halogens is 2. The maximum absolute atomic E-state index is 12.1. The van der Waals surface area contributed by atoms with Gasteiger partial charge in [0.25, 0.3) is 0 Å². The van der Waals surface area contributed by atoms with Crippen LogP contribution >= 0.6 is 23.2 Å². The summed E-state index contributed by atoms with van der Waals surface area (Å²) in [6.07, 6.45) is 0.988. The Morgan fingerprint density at radius 1 is 1.16 bits per heavy atom. The second-order valence-corrected chi connectivity index (χ2v) is 6.93. The Labute approximate surface area is 158 Å². The van der Waals surface area contributed by atoms with Crippen molar-refractivity contribution in [3.8, 4) is 5.75 Å². The summed E-state index contributed by atoms with van der Waals surface area (Å²) in [6, 6.07) is 12.4. The molecule has 2 aromatic carbocycles. The zero-order valence-electron chi connectivity index (χ0n) is 14.3. The van der Waals surface area contributed by atoms with Crippen molar-refractivity contribution in [1.29, 1.82) is 0 Å². The number of nitrogens with one attached hydrogen (secondary N) is 2. The molecule has 0 bridgehead atoms. The zero-order chi connectivity index (χ0) is 18.2. The van der Waals surface area contributed by atoms with E-state index in [9.17, 15) is 4.79 Å². The Morgan fingerprint density at radius 3 is 2.68 bits per heavy atom. The molecule has 0 radical (unpaired) electrons. The van der Waals surface area contributed by atoms with Crippen molar-refractivity contribution >= 4 is 40.5 Å².